The second-order valence-corrected chi connectivity index (χ2v) is 10.7. The normalized spacial score (nSPS) is 14.7. The molecule has 5 heterocycles. The van der Waals surface area contributed by atoms with Crippen LogP contribution < -0.4 is 0 Å². The molecule has 0 spiro atoms. The van der Waals surface area contributed by atoms with Crippen LogP contribution in [0, 0.1) is 6.92 Å². The van der Waals surface area contributed by atoms with E-state index in [1.54, 1.807) is 6.08 Å². The molecule has 1 amide bonds. The summed E-state index contributed by atoms with van der Waals surface area (Å²) in [6.07, 6.45) is 3.89. The van der Waals surface area contributed by atoms with Gasteiger partial charge >= 0.3 is 16.4 Å². The van der Waals surface area contributed by atoms with Crippen LogP contribution in [0.15, 0.2) is 43.3 Å². The minimum Gasteiger partial charge on any atom is -0.329 e. The SMILES string of the molecule is Cc1c(C(=O)N2CC=C(c3cn(S(=O)(=O)N(C)C)cn3)C2)nc2c(C(F)(F)F)cc(-c3cn[nH]c3)cn12. The van der Waals surface area contributed by atoms with Gasteiger partial charge in [-0.1, -0.05) is 6.08 Å². The molecule has 4 aromatic heterocycles. The van der Waals surface area contributed by atoms with Crippen LogP contribution in [0.3, 0.4) is 0 Å². The van der Waals surface area contributed by atoms with Crippen molar-refractivity contribution >= 4 is 27.3 Å². The van der Waals surface area contributed by atoms with Gasteiger partial charge in [-0.15, -0.1) is 0 Å². The Morgan fingerprint density at radius 2 is 1.95 bits per heavy atom. The molecule has 15 heteroatoms. The van der Waals surface area contributed by atoms with Crippen LogP contribution in [0.5, 0.6) is 0 Å². The number of aryl methyl sites for hydroxylation is 1. The molecular formula is C22H21F3N8O3S. The lowest BCUT2D eigenvalue weighted by molar-refractivity contribution is -0.136. The molecular weight excluding hydrogens is 513 g/mol. The number of nitrogens with one attached hydrogen (secondary N) is 1. The highest BCUT2D eigenvalue weighted by Crippen LogP contribution is 2.36. The quantitative estimate of drug-likeness (QED) is 0.420. The molecule has 0 unspecified atom stereocenters. The molecule has 0 bridgehead atoms. The monoisotopic (exact) mass is 534 g/mol. The Balaban J connectivity index is 1.46. The maximum atomic E-state index is 13.9. The van der Waals surface area contributed by atoms with Gasteiger partial charge in [-0.05, 0) is 18.6 Å². The third-order valence-electron chi connectivity index (χ3n) is 6.12. The summed E-state index contributed by atoms with van der Waals surface area (Å²) in [6, 6.07) is 0.981. The smallest absolute Gasteiger partial charge is 0.329 e. The first-order chi connectivity index (χ1) is 17.4. The van der Waals surface area contributed by atoms with Gasteiger partial charge in [-0.2, -0.15) is 31.0 Å². The van der Waals surface area contributed by atoms with E-state index in [0.717, 1.165) is 14.3 Å². The van der Waals surface area contributed by atoms with E-state index >= 15 is 0 Å². The number of halogens is 3. The summed E-state index contributed by atoms with van der Waals surface area (Å²) in [4.78, 5) is 23.0. The van der Waals surface area contributed by atoms with Crippen LogP contribution in [0.25, 0.3) is 22.3 Å². The largest absolute Gasteiger partial charge is 0.420 e. The van der Waals surface area contributed by atoms with Crippen LogP contribution in [0.4, 0.5) is 13.2 Å². The maximum Gasteiger partial charge on any atom is 0.420 e. The molecule has 37 heavy (non-hydrogen) atoms. The standard InChI is InChI=1S/C22H21F3N8O3S/c1-13-19(29-20-17(22(23,24)25)6-15(10-33(13)20)16-7-27-28-8-16)21(34)31-5-4-14(9-31)18-11-32(12-26-18)37(35,36)30(2)3/h4,6-8,10-12H,5,9H2,1-3H3,(H,27,28). The lowest BCUT2D eigenvalue weighted by atomic mass is 10.1. The summed E-state index contributed by atoms with van der Waals surface area (Å²) in [6.45, 7) is 1.80. The number of nitrogens with zero attached hydrogens (tertiary/aromatic N) is 7. The molecule has 0 aromatic carbocycles. The van der Waals surface area contributed by atoms with Crippen molar-refractivity contribution in [3.8, 4) is 11.1 Å². The second kappa shape index (κ2) is 8.55. The first-order valence-corrected chi connectivity index (χ1v) is 12.3. The highest BCUT2D eigenvalue weighted by Gasteiger charge is 2.36. The summed E-state index contributed by atoms with van der Waals surface area (Å²) < 4.78 is 69.6. The van der Waals surface area contributed by atoms with E-state index in [9.17, 15) is 26.4 Å². The van der Waals surface area contributed by atoms with E-state index < -0.39 is 27.9 Å². The molecule has 1 N–H and O–H groups in total. The number of hydrogen-bond donors (Lipinski definition) is 1. The zero-order chi connectivity index (χ0) is 26.7. The summed E-state index contributed by atoms with van der Waals surface area (Å²) in [7, 11) is -0.961. The van der Waals surface area contributed by atoms with Crippen molar-refractivity contribution < 1.29 is 26.4 Å². The predicted molar refractivity (Wildman–Crippen MR) is 127 cm³/mol. The summed E-state index contributed by atoms with van der Waals surface area (Å²) in [5, 5.41) is 6.37. The third-order valence-corrected chi connectivity index (χ3v) is 7.78. The summed E-state index contributed by atoms with van der Waals surface area (Å²) in [5.74, 6) is -0.550. The number of imidazole rings is 2. The van der Waals surface area contributed by atoms with E-state index in [-0.39, 0.29) is 35.7 Å². The van der Waals surface area contributed by atoms with Crippen molar-refractivity contribution in [2.75, 3.05) is 27.2 Å². The Morgan fingerprint density at radius 3 is 2.59 bits per heavy atom. The molecule has 0 radical (unpaired) electrons. The van der Waals surface area contributed by atoms with Gasteiger partial charge in [0, 0.05) is 56.9 Å². The highest BCUT2D eigenvalue weighted by molar-refractivity contribution is 7.87. The maximum absolute atomic E-state index is 13.9. The van der Waals surface area contributed by atoms with Crippen LogP contribution >= 0.6 is 0 Å². The van der Waals surface area contributed by atoms with Gasteiger partial charge in [0.2, 0.25) is 0 Å². The van der Waals surface area contributed by atoms with Crippen LogP contribution in [0.2, 0.25) is 0 Å². The zero-order valence-electron chi connectivity index (χ0n) is 19.9. The molecule has 0 aliphatic carbocycles. The van der Waals surface area contributed by atoms with Crippen molar-refractivity contribution in [1.29, 1.82) is 0 Å². The number of pyridine rings is 1. The summed E-state index contributed by atoms with van der Waals surface area (Å²) in [5.41, 5.74) is 0.508. The lowest BCUT2D eigenvalue weighted by Gasteiger charge is -2.15. The average molecular weight is 535 g/mol. The van der Waals surface area contributed by atoms with Crippen molar-refractivity contribution in [2.45, 2.75) is 13.1 Å². The van der Waals surface area contributed by atoms with Gasteiger partial charge in [0.25, 0.3) is 5.91 Å². The minimum absolute atomic E-state index is 0.0948. The van der Waals surface area contributed by atoms with Crippen LogP contribution in [-0.4, -0.2) is 79.3 Å². The zero-order valence-corrected chi connectivity index (χ0v) is 20.7. The number of hydrogen-bond acceptors (Lipinski definition) is 6. The Hall–Kier alpha value is -3.98. The molecule has 194 valence electrons. The van der Waals surface area contributed by atoms with E-state index in [1.165, 1.54) is 61.4 Å². The number of carbonyl (C=O) groups excluding carboxylic acids is 1. The predicted octanol–water partition coefficient (Wildman–Crippen LogP) is 2.44. The van der Waals surface area contributed by atoms with Crippen LogP contribution in [0.1, 0.15) is 27.4 Å². The van der Waals surface area contributed by atoms with Gasteiger partial charge in [0.05, 0.1) is 23.1 Å². The van der Waals surface area contributed by atoms with Gasteiger partial charge in [0.1, 0.15) is 17.7 Å². The molecule has 0 fully saturated rings. The van der Waals surface area contributed by atoms with Gasteiger partial charge in [0.15, 0.2) is 0 Å². The minimum atomic E-state index is -4.70. The number of rotatable bonds is 5. The number of aromatic nitrogens is 6. The molecule has 0 saturated heterocycles. The number of fused-ring (bicyclic) bond motifs is 1. The number of H-pyrrole nitrogens is 1. The fourth-order valence-electron chi connectivity index (χ4n) is 4.07. The molecule has 1 aliphatic heterocycles. The van der Waals surface area contributed by atoms with Gasteiger partial charge in [-0.3, -0.25) is 9.89 Å². The van der Waals surface area contributed by atoms with Crippen LogP contribution in [-0.2, 0) is 16.4 Å². The third kappa shape index (κ3) is 4.19. The van der Waals surface area contributed by atoms with Gasteiger partial charge in [-0.25, -0.2) is 13.9 Å². The number of alkyl halides is 3. The lowest BCUT2D eigenvalue weighted by Crippen LogP contribution is -2.29. The topological polar surface area (TPSA) is 121 Å². The Labute approximate surface area is 209 Å². The fraction of sp³-hybridized carbons (Fsp3) is 0.273. The highest BCUT2D eigenvalue weighted by atomic mass is 32.2. The van der Waals surface area contributed by atoms with Crippen molar-refractivity contribution in [3.05, 3.63) is 65.9 Å². The average Bonchev–Trinajstić information content (AvgIpc) is 3.64. The Kier molecular flexibility index (Phi) is 5.71. The van der Waals surface area contributed by atoms with E-state index in [0.29, 0.717) is 16.8 Å². The molecule has 0 saturated carbocycles. The summed E-state index contributed by atoms with van der Waals surface area (Å²) >= 11 is 0. The number of aromatic amines is 1. The first-order valence-electron chi connectivity index (χ1n) is 10.9. The Morgan fingerprint density at radius 1 is 1.19 bits per heavy atom. The van der Waals surface area contributed by atoms with E-state index in [4.69, 9.17) is 0 Å². The van der Waals surface area contributed by atoms with E-state index in [2.05, 4.69) is 20.2 Å². The number of carbonyl (C=O) groups is 1. The van der Waals surface area contributed by atoms with Crippen molar-refractivity contribution in [2.24, 2.45) is 0 Å². The Bertz CT molecular complexity index is 1650. The second-order valence-electron chi connectivity index (χ2n) is 8.66. The van der Waals surface area contributed by atoms with E-state index in [1.807, 2.05) is 0 Å². The fourth-order valence-corrected chi connectivity index (χ4v) is 4.84. The van der Waals surface area contributed by atoms with Crippen molar-refractivity contribution in [3.63, 3.8) is 0 Å². The molecule has 4 aromatic rings. The van der Waals surface area contributed by atoms with Gasteiger partial charge < -0.3 is 9.30 Å². The molecule has 11 nitrogen and oxygen atoms in total. The first kappa shape index (κ1) is 24.7. The molecule has 5 rings (SSSR count). The molecule has 0 atom stereocenters. The number of amides is 1. The van der Waals surface area contributed by atoms with Crippen molar-refractivity contribution in [1.82, 2.24) is 37.7 Å². The molecule has 1 aliphatic rings.